The molecule has 0 aliphatic carbocycles. The number of benzene rings is 2. The Morgan fingerprint density at radius 2 is 1.93 bits per heavy atom. The lowest BCUT2D eigenvalue weighted by Gasteiger charge is -2.16. The largest absolute Gasteiger partial charge is 0.298 e. The second-order valence-electron chi connectivity index (χ2n) is 6.79. The number of nitrogens with one attached hydrogen (secondary N) is 1. The molecule has 0 spiro atoms. The molecule has 0 bridgehead atoms. The van der Waals surface area contributed by atoms with E-state index in [2.05, 4.69) is 10.3 Å². The summed E-state index contributed by atoms with van der Waals surface area (Å²) in [6, 6.07) is 9.71. The number of carbonyl (C=O) groups excluding carboxylic acids is 1. The molecule has 2 aromatic carbocycles. The van der Waals surface area contributed by atoms with Crippen molar-refractivity contribution in [2.24, 2.45) is 0 Å². The molecule has 156 valence electrons. The zero-order chi connectivity index (χ0) is 21.3. The van der Waals surface area contributed by atoms with Crippen LogP contribution in [0, 0.1) is 11.6 Å². The van der Waals surface area contributed by atoms with E-state index in [9.17, 15) is 22.0 Å². The lowest BCUT2D eigenvalue weighted by atomic mass is 10.1. The highest BCUT2D eigenvalue weighted by Crippen LogP contribution is 2.26. The van der Waals surface area contributed by atoms with E-state index in [1.54, 1.807) is 24.3 Å². The van der Waals surface area contributed by atoms with Crippen molar-refractivity contribution in [3.63, 3.8) is 0 Å². The van der Waals surface area contributed by atoms with E-state index in [4.69, 9.17) is 0 Å². The molecule has 1 aliphatic heterocycles. The zero-order valence-electron chi connectivity index (χ0n) is 15.6. The average molecular weight is 450 g/mol. The smallest absolute Gasteiger partial charge is 0.257 e. The molecule has 0 atom stereocenters. The van der Waals surface area contributed by atoms with E-state index in [-0.39, 0.29) is 18.1 Å². The van der Waals surface area contributed by atoms with Crippen LogP contribution in [0.1, 0.15) is 27.2 Å². The van der Waals surface area contributed by atoms with Gasteiger partial charge >= 0.3 is 0 Å². The van der Waals surface area contributed by atoms with Gasteiger partial charge in [-0.3, -0.25) is 14.4 Å². The maximum absolute atomic E-state index is 13.8. The van der Waals surface area contributed by atoms with Crippen LogP contribution in [0.3, 0.4) is 0 Å². The third kappa shape index (κ3) is 4.34. The van der Waals surface area contributed by atoms with Crippen molar-refractivity contribution in [2.75, 3.05) is 21.9 Å². The van der Waals surface area contributed by atoms with Gasteiger partial charge in [0.15, 0.2) is 5.13 Å². The number of thiazole rings is 1. The van der Waals surface area contributed by atoms with Crippen LogP contribution in [0.4, 0.5) is 19.6 Å². The number of rotatable bonds is 5. The molecular formula is C20H17F2N3O3S2. The Labute approximate surface area is 176 Å². The van der Waals surface area contributed by atoms with Gasteiger partial charge in [-0.2, -0.15) is 0 Å². The SMILES string of the molecule is O=C(Nc1ncc(Cc2ccc(F)cc2F)s1)c1ccc(N2CCCS2(=O)=O)cc1. The highest BCUT2D eigenvalue weighted by molar-refractivity contribution is 7.93. The van der Waals surface area contributed by atoms with Gasteiger partial charge in [-0.1, -0.05) is 6.07 Å². The normalized spacial score (nSPS) is 15.3. The first-order valence-electron chi connectivity index (χ1n) is 9.12. The van der Waals surface area contributed by atoms with Crippen LogP contribution in [-0.4, -0.2) is 31.6 Å². The molecule has 0 unspecified atom stereocenters. The third-order valence-electron chi connectivity index (χ3n) is 4.67. The number of hydrogen-bond acceptors (Lipinski definition) is 5. The van der Waals surface area contributed by atoms with Crippen LogP contribution in [0.2, 0.25) is 0 Å². The first-order valence-corrected chi connectivity index (χ1v) is 11.5. The van der Waals surface area contributed by atoms with Crippen LogP contribution < -0.4 is 9.62 Å². The van der Waals surface area contributed by atoms with Crippen LogP contribution >= 0.6 is 11.3 Å². The highest BCUT2D eigenvalue weighted by atomic mass is 32.2. The molecule has 1 fully saturated rings. The standard InChI is InChI=1S/C20H17F2N3O3S2/c21-15-5-2-14(18(22)11-15)10-17-12-23-20(29-17)24-19(26)13-3-6-16(7-4-13)25-8-1-9-30(25,27)28/h2-7,11-12H,1,8-10H2,(H,23,24,26). The summed E-state index contributed by atoms with van der Waals surface area (Å²) in [4.78, 5) is 17.3. The van der Waals surface area contributed by atoms with E-state index in [1.807, 2.05) is 0 Å². The molecule has 1 aliphatic rings. The number of anilines is 2. The molecular weight excluding hydrogens is 432 g/mol. The second-order valence-corrected chi connectivity index (χ2v) is 9.91. The van der Waals surface area contributed by atoms with Gasteiger partial charge in [-0.25, -0.2) is 22.2 Å². The fraction of sp³-hybridized carbons (Fsp3) is 0.200. The molecule has 1 aromatic heterocycles. The van der Waals surface area contributed by atoms with Crippen molar-refractivity contribution in [3.05, 3.63) is 76.3 Å². The average Bonchev–Trinajstić information content (AvgIpc) is 3.29. The summed E-state index contributed by atoms with van der Waals surface area (Å²) in [5.41, 5.74) is 1.23. The summed E-state index contributed by atoms with van der Waals surface area (Å²) in [5, 5.41) is 3.03. The van der Waals surface area contributed by atoms with Crippen LogP contribution in [0.5, 0.6) is 0 Å². The molecule has 0 saturated carbocycles. The van der Waals surface area contributed by atoms with Gasteiger partial charge in [-0.05, 0) is 42.3 Å². The number of nitrogens with zero attached hydrogens (tertiary/aromatic N) is 2. The number of aromatic nitrogens is 1. The minimum atomic E-state index is -3.27. The lowest BCUT2D eigenvalue weighted by Crippen LogP contribution is -2.25. The Kier molecular flexibility index (Phi) is 5.52. The minimum absolute atomic E-state index is 0.128. The van der Waals surface area contributed by atoms with Crippen LogP contribution in [-0.2, 0) is 16.4 Å². The fourth-order valence-electron chi connectivity index (χ4n) is 3.18. The van der Waals surface area contributed by atoms with Gasteiger partial charge in [0.2, 0.25) is 10.0 Å². The summed E-state index contributed by atoms with van der Waals surface area (Å²) in [7, 11) is -3.27. The number of carbonyl (C=O) groups is 1. The van der Waals surface area contributed by atoms with Gasteiger partial charge in [0.05, 0.1) is 11.4 Å². The van der Waals surface area contributed by atoms with E-state index < -0.39 is 21.7 Å². The van der Waals surface area contributed by atoms with Crippen LogP contribution in [0.25, 0.3) is 0 Å². The zero-order valence-corrected chi connectivity index (χ0v) is 17.3. The van der Waals surface area contributed by atoms with E-state index in [1.165, 1.54) is 34.0 Å². The molecule has 2 heterocycles. The number of sulfonamides is 1. The molecule has 30 heavy (non-hydrogen) atoms. The Morgan fingerprint density at radius 1 is 1.17 bits per heavy atom. The maximum atomic E-state index is 13.8. The molecule has 6 nitrogen and oxygen atoms in total. The van der Waals surface area contributed by atoms with E-state index in [0.29, 0.717) is 39.8 Å². The van der Waals surface area contributed by atoms with Crippen LogP contribution in [0.15, 0.2) is 48.7 Å². The van der Waals surface area contributed by atoms with Gasteiger partial charge < -0.3 is 0 Å². The molecule has 3 aromatic rings. The van der Waals surface area contributed by atoms with Crippen molar-refractivity contribution in [3.8, 4) is 0 Å². The summed E-state index contributed by atoms with van der Waals surface area (Å²) < 4.78 is 52.1. The van der Waals surface area contributed by atoms with Gasteiger partial charge in [0, 0.05) is 35.7 Å². The number of halogens is 2. The quantitative estimate of drug-likeness (QED) is 0.643. The van der Waals surface area contributed by atoms with Crippen molar-refractivity contribution in [1.82, 2.24) is 4.98 Å². The van der Waals surface area contributed by atoms with Crippen molar-refractivity contribution < 1.29 is 22.0 Å². The van der Waals surface area contributed by atoms with Crippen molar-refractivity contribution >= 4 is 38.1 Å². The molecule has 0 radical (unpaired) electrons. The Balaban J connectivity index is 1.42. The van der Waals surface area contributed by atoms with Gasteiger partial charge in [0.1, 0.15) is 11.6 Å². The summed E-state index contributed by atoms with van der Waals surface area (Å²) >= 11 is 1.20. The first kappa shape index (κ1) is 20.4. The predicted molar refractivity (Wildman–Crippen MR) is 111 cm³/mol. The van der Waals surface area contributed by atoms with E-state index in [0.717, 1.165) is 6.07 Å². The molecule has 1 saturated heterocycles. The summed E-state index contributed by atoms with van der Waals surface area (Å²) in [5.74, 6) is -1.53. The van der Waals surface area contributed by atoms with Crippen molar-refractivity contribution in [1.29, 1.82) is 0 Å². The predicted octanol–water partition coefficient (Wildman–Crippen LogP) is 3.80. The van der Waals surface area contributed by atoms with Crippen molar-refractivity contribution in [2.45, 2.75) is 12.8 Å². The molecule has 1 amide bonds. The monoisotopic (exact) mass is 449 g/mol. The lowest BCUT2D eigenvalue weighted by molar-refractivity contribution is 0.102. The number of amides is 1. The first-order chi connectivity index (χ1) is 14.3. The molecule has 10 heteroatoms. The van der Waals surface area contributed by atoms with Gasteiger partial charge in [-0.15, -0.1) is 11.3 Å². The summed E-state index contributed by atoms with van der Waals surface area (Å²) in [6.45, 7) is 0.435. The fourth-order valence-corrected chi connectivity index (χ4v) is 5.57. The molecule has 1 N–H and O–H groups in total. The number of hydrogen-bond donors (Lipinski definition) is 1. The van der Waals surface area contributed by atoms with E-state index >= 15 is 0 Å². The highest BCUT2D eigenvalue weighted by Gasteiger charge is 2.28. The topological polar surface area (TPSA) is 79.4 Å². The minimum Gasteiger partial charge on any atom is -0.298 e. The van der Waals surface area contributed by atoms with Gasteiger partial charge in [0.25, 0.3) is 5.91 Å². The Hall–Kier alpha value is -2.85. The third-order valence-corrected chi connectivity index (χ3v) is 7.45. The molecule has 4 rings (SSSR count). The Morgan fingerprint density at radius 3 is 2.60 bits per heavy atom. The summed E-state index contributed by atoms with van der Waals surface area (Å²) in [6.07, 6.45) is 2.35. The second kappa shape index (κ2) is 8.11. The maximum Gasteiger partial charge on any atom is 0.257 e. The Bertz CT molecular complexity index is 1190.